The first-order valence-corrected chi connectivity index (χ1v) is 7.24. The molecule has 0 aliphatic rings. The van der Waals surface area contributed by atoms with E-state index in [2.05, 4.69) is 63.3 Å². The van der Waals surface area contributed by atoms with Crippen molar-refractivity contribution in [1.82, 2.24) is 5.32 Å². The average Bonchev–Trinajstić information content (AvgIpc) is 2.75. The van der Waals surface area contributed by atoms with Crippen LogP contribution < -0.4 is 5.32 Å². The number of nitrogens with one attached hydrogen (secondary N) is 1. The average molecular weight is 259 g/mol. The van der Waals surface area contributed by atoms with Gasteiger partial charge in [-0.1, -0.05) is 18.2 Å². The second-order valence-electron chi connectivity index (χ2n) is 4.92. The van der Waals surface area contributed by atoms with Crippen LogP contribution in [0.1, 0.15) is 39.4 Å². The predicted octanol–water partition coefficient (Wildman–Crippen LogP) is 4.52. The Bertz CT molecular complexity index is 507. The van der Waals surface area contributed by atoms with Gasteiger partial charge in [-0.25, -0.2) is 0 Å². The van der Waals surface area contributed by atoms with Gasteiger partial charge >= 0.3 is 0 Å². The topological polar surface area (TPSA) is 12.0 Å². The molecule has 0 aliphatic carbocycles. The van der Waals surface area contributed by atoms with Crippen LogP contribution in [-0.2, 0) is 6.54 Å². The minimum absolute atomic E-state index is 0.419. The molecule has 2 rings (SSSR count). The van der Waals surface area contributed by atoms with Crippen LogP contribution in [0.3, 0.4) is 0 Å². The van der Waals surface area contributed by atoms with Crippen LogP contribution in [0.5, 0.6) is 0 Å². The quantitative estimate of drug-likeness (QED) is 0.851. The van der Waals surface area contributed by atoms with E-state index in [1.807, 2.05) is 11.3 Å². The Balaban J connectivity index is 2.03. The summed E-state index contributed by atoms with van der Waals surface area (Å²) in [7, 11) is 0. The van der Waals surface area contributed by atoms with Crippen molar-refractivity contribution < 1.29 is 0 Å². The van der Waals surface area contributed by atoms with Crippen molar-refractivity contribution in [3.63, 3.8) is 0 Å². The van der Waals surface area contributed by atoms with E-state index < -0.39 is 0 Å². The van der Waals surface area contributed by atoms with Gasteiger partial charge in [0.25, 0.3) is 0 Å². The Kier molecular flexibility index (Phi) is 4.20. The van der Waals surface area contributed by atoms with Crippen LogP contribution in [0.15, 0.2) is 30.3 Å². The zero-order valence-electron chi connectivity index (χ0n) is 11.6. The minimum Gasteiger partial charge on any atom is -0.305 e. The van der Waals surface area contributed by atoms with Crippen LogP contribution in [0.25, 0.3) is 0 Å². The van der Waals surface area contributed by atoms with Gasteiger partial charge in [0.2, 0.25) is 0 Å². The summed E-state index contributed by atoms with van der Waals surface area (Å²) in [6, 6.07) is 11.3. The second-order valence-corrected chi connectivity index (χ2v) is 6.24. The minimum atomic E-state index is 0.419. The third-order valence-corrected chi connectivity index (χ3v) is 4.60. The first-order chi connectivity index (χ1) is 8.58. The SMILES string of the molecule is Cc1ccc(C(C)NCc2c(C)cccc2C)s1. The molecule has 1 aromatic heterocycles. The molecule has 0 bridgehead atoms. The van der Waals surface area contributed by atoms with Gasteiger partial charge in [-0.3, -0.25) is 0 Å². The number of thiophene rings is 1. The lowest BCUT2D eigenvalue weighted by Gasteiger charge is -2.15. The fourth-order valence-corrected chi connectivity index (χ4v) is 3.07. The molecule has 0 radical (unpaired) electrons. The lowest BCUT2D eigenvalue weighted by molar-refractivity contribution is 0.580. The molecule has 0 saturated carbocycles. The molecule has 2 aromatic rings. The van der Waals surface area contributed by atoms with E-state index in [0.29, 0.717) is 6.04 Å². The van der Waals surface area contributed by atoms with Crippen LogP contribution in [0, 0.1) is 20.8 Å². The molecule has 1 N–H and O–H groups in total. The van der Waals surface area contributed by atoms with Crippen LogP contribution in [0.4, 0.5) is 0 Å². The summed E-state index contributed by atoms with van der Waals surface area (Å²) in [5, 5.41) is 3.62. The molecular weight excluding hydrogens is 238 g/mol. The Morgan fingerprint density at radius 1 is 1.06 bits per heavy atom. The van der Waals surface area contributed by atoms with Crippen molar-refractivity contribution in [2.24, 2.45) is 0 Å². The number of aryl methyl sites for hydroxylation is 3. The fraction of sp³-hybridized carbons (Fsp3) is 0.375. The molecule has 1 unspecified atom stereocenters. The van der Waals surface area contributed by atoms with Gasteiger partial charge in [0.15, 0.2) is 0 Å². The fourth-order valence-electron chi connectivity index (χ4n) is 2.17. The monoisotopic (exact) mass is 259 g/mol. The molecule has 0 amide bonds. The van der Waals surface area contributed by atoms with Gasteiger partial charge in [0.1, 0.15) is 0 Å². The molecule has 0 spiro atoms. The van der Waals surface area contributed by atoms with Crippen molar-refractivity contribution in [3.8, 4) is 0 Å². The van der Waals surface area contributed by atoms with Crippen molar-refractivity contribution in [3.05, 3.63) is 56.8 Å². The standard InChI is InChI=1S/C16H21NS/c1-11-6-5-7-12(2)15(11)10-17-14(4)16-9-8-13(3)18-16/h5-9,14,17H,10H2,1-4H3. The molecule has 2 heteroatoms. The molecule has 1 aromatic carbocycles. The molecule has 0 aliphatic heterocycles. The predicted molar refractivity (Wildman–Crippen MR) is 80.2 cm³/mol. The summed E-state index contributed by atoms with van der Waals surface area (Å²) in [5.74, 6) is 0. The molecule has 1 heterocycles. The highest BCUT2D eigenvalue weighted by molar-refractivity contribution is 7.12. The maximum atomic E-state index is 3.62. The van der Waals surface area contributed by atoms with Gasteiger partial charge in [0.05, 0.1) is 0 Å². The maximum absolute atomic E-state index is 3.62. The Morgan fingerprint density at radius 2 is 1.72 bits per heavy atom. The van der Waals surface area contributed by atoms with E-state index >= 15 is 0 Å². The van der Waals surface area contributed by atoms with E-state index in [0.717, 1.165) is 6.54 Å². The van der Waals surface area contributed by atoms with Gasteiger partial charge in [-0.2, -0.15) is 0 Å². The Hall–Kier alpha value is -1.12. The molecule has 0 fully saturated rings. The highest BCUT2D eigenvalue weighted by Gasteiger charge is 2.08. The van der Waals surface area contributed by atoms with E-state index in [9.17, 15) is 0 Å². The van der Waals surface area contributed by atoms with Crippen molar-refractivity contribution >= 4 is 11.3 Å². The maximum Gasteiger partial charge on any atom is 0.0388 e. The lowest BCUT2D eigenvalue weighted by Crippen LogP contribution is -2.18. The van der Waals surface area contributed by atoms with Crippen LogP contribution >= 0.6 is 11.3 Å². The third-order valence-electron chi connectivity index (χ3n) is 3.42. The van der Waals surface area contributed by atoms with Gasteiger partial charge in [-0.15, -0.1) is 11.3 Å². The summed E-state index contributed by atoms with van der Waals surface area (Å²) in [4.78, 5) is 2.80. The zero-order valence-corrected chi connectivity index (χ0v) is 12.4. The van der Waals surface area contributed by atoms with Gasteiger partial charge in [-0.05, 0) is 56.5 Å². The van der Waals surface area contributed by atoms with Crippen LogP contribution in [-0.4, -0.2) is 0 Å². The van der Waals surface area contributed by atoms with Crippen molar-refractivity contribution in [2.45, 2.75) is 40.3 Å². The normalized spacial score (nSPS) is 12.7. The first kappa shape index (κ1) is 13.3. The summed E-state index contributed by atoms with van der Waals surface area (Å²) in [5.41, 5.74) is 4.17. The van der Waals surface area contributed by atoms with Crippen LogP contribution in [0.2, 0.25) is 0 Å². The zero-order chi connectivity index (χ0) is 13.1. The highest BCUT2D eigenvalue weighted by atomic mass is 32.1. The van der Waals surface area contributed by atoms with Gasteiger partial charge < -0.3 is 5.32 Å². The largest absolute Gasteiger partial charge is 0.305 e. The summed E-state index contributed by atoms with van der Waals surface area (Å²) >= 11 is 1.88. The molecule has 96 valence electrons. The number of hydrogen-bond donors (Lipinski definition) is 1. The summed E-state index contributed by atoms with van der Waals surface area (Å²) < 4.78 is 0. The third kappa shape index (κ3) is 3.01. The Labute approximate surface area is 114 Å². The molecule has 1 atom stereocenters. The highest BCUT2D eigenvalue weighted by Crippen LogP contribution is 2.23. The molecule has 18 heavy (non-hydrogen) atoms. The van der Waals surface area contributed by atoms with E-state index in [-0.39, 0.29) is 0 Å². The number of benzene rings is 1. The Morgan fingerprint density at radius 3 is 2.28 bits per heavy atom. The van der Waals surface area contributed by atoms with Crippen molar-refractivity contribution in [2.75, 3.05) is 0 Å². The van der Waals surface area contributed by atoms with Gasteiger partial charge in [0, 0.05) is 22.3 Å². The number of hydrogen-bond acceptors (Lipinski definition) is 2. The molecule has 1 nitrogen and oxygen atoms in total. The summed E-state index contributed by atoms with van der Waals surface area (Å²) in [6.45, 7) is 9.70. The molecular formula is C16H21NS. The van der Waals surface area contributed by atoms with E-state index in [1.165, 1.54) is 26.4 Å². The number of rotatable bonds is 4. The molecule has 0 saturated heterocycles. The van der Waals surface area contributed by atoms with Crippen molar-refractivity contribution in [1.29, 1.82) is 0 Å². The van der Waals surface area contributed by atoms with E-state index in [1.54, 1.807) is 0 Å². The first-order valence-electron chi connectivity index (χ1n) is 6.42. The second kappa shape index (κ2) is 5.68. The van der Waals surface area contributed by atoms with E-state index in [4.69, 9.17) is 0 Å². The lowest BCUT2D eigenvalue weighted by atomic mass is 10.0. The smallest absolute Gasteiger partial charge is 0.0388 e. The summed E-state index contributed by atoms with van der Waals surface area (Å²) in [6.07, 6.45) is 0.